The minimum absolute atomic E-state index is 0.0572. The predicted octanol–water partition coefficient (Wildman–Crippen LogP) is 2.54. The van der Waals surface area contributed by atoms with E-state index in [-0.39, 0.29) is 6.61 Å². The van der Waals surface area contributed by atoms with Crippen LogP contribution in [-0.4, -0.2) is 5.97 Å². The van der Waals surface area contributed by atoms with Gasteiger partial charge < -0.3 is 4.74 Å². The Morgan fingerprint density at radius 3 is 2.85 bits per heavy atom. The van der Waals surface area contributed by atoms with Gasteiger partial charge in [-0.2, -0.15) is 0 Å². The van der Waals surface area contributed by atoms with Crippen molar-refractivity contribution in [1.82, 2.24) is 0 Å². The predicted molar refractivity (Wildman–Crippen MR) is 46.9 cm³/mol. The lowest BCUT2D eigenvalue weighted by molar-refractivity contribution is -0.142. The van der Waals surface area contributed by atoms with Crippen molar-refractivity contribution in [2.45, 2.75) is 13.5 Å². The van der Waals surface area contributed by atoms with E-state index in [2.05, 4.69) is 4.74 Å². The van der Waals surface area contributed by atoms with E-state index in [1.807, 2.05) is 0 Å². The molecule has 0 spiro atoms. The summed E-state index contributed by atoms with van der Waals surface area (Å²) in [5, 5.41) is 0.323. The van der Waals surface area contributed by atoms with Crippen LogP contribution >= 0.6 is 11.6 Å². The summed E-state index contributed by atoms with van der Waals surface area (Å²) in [6.45, 7) is 1.21. The maximum absolute atomic E-state index is 13.0. The molecule has 0 N–H and O–H groups in total. The van der Waals surface area contributed by atoms with E-state index in [1.165, 1.54) is 19.1 Å². The van der Waals surface area contributed by atoms with Gasteiger partial charge in [0.05, 0.1) is 0 Å². The van der Waals surface area contributed by atoms with E-state index < -0.39 is 11.8 Å². The van der Waals surface area contributed by atoms with Gasteiger partial charge in [-0.25, -0.2) is 4.39 Å². The molecule has 70 valence electrons. The zero-order chi connectivity index (χ0) is 9.84. The van der Waals surface area contributed by atoms with Crippen molar-refractivity contribution < 1.29 is 13.9 Å². The van der Waals surface area contributed by atoms with Crippen LogP contribution in [0.3, 0.4) is 0 Å². The van der Waals surface area contributed by atoms with Crippen LogP contribution in [-0.2, 0) is 16.1 Å². The van der Waals surface area contributed by atoms with Crippen molar-refractivity contribution >= 4 is 17.6 Å². The Hall–Kier alpha value is -1.09. The largest absolute Gasteiger partial charge is 0.461 e. The second-order valence-electron chi connectivity index (χ2n) is 2.52. The highest BCUT2D eigenvalue weighted by atomic mass is 35.5. The van der Waals surface area contributed by atoms with Gasteiger partial charge in [0, 0.05) is 17.5 Å². The molecule has 1 rings (SSSR count). The van der Waals surface area contributed by atoms with Gasteiger partial charge in [-0.05, 0) is 12.1 Å². The van der Waals surface area contributed by atoms with Gasteiger partial charge in [-0.1, -0.05) is 17.7 Å². The highest BCUT2D eigenvalue weighted by molar-refractivity contribution is 6.30. The first kappa shape index (κ1) is 9.99. The number of hydrogen-bond donors (Lipinski definition) is 0. The molecule has 0 aliphatic heterocycles. The minimum atomic E-state index is -0.464. The molecule has 0 aliphatic rings. The molecule has 0 amide bonds. The average molecular weight is 203 g/mol. The van der Waals surface area contributed by atoms with Crippen molar-refractivity contribution in [2.24, 2.45) is 0 Å². The third-order valence-corrected chi connectivity index (χ3v) is 1.68. The van der Waals surface area contributed by atoms with Gasteiger partial charge in [0.15, 0.2) is 0 Å². The second kappa shape index (κ2) is 4.23. The molecule has 0 radical (unpaired) electrons. The first-order valence-corrected chi connectivity index (χ1v) is 4.04. The summed E-state index contributed by atoms with van der Waals surface area (Å²) in [4.78, 5) is 10.4. The molecule has 0 bridgehead atoms. The zero-order valence-electron chi connectivity index (χ0n) is 7.01. The number of halogens is 2. The molecule has 1 aromatic carbocycles. The third-order valence-electron chi connectivity index (χ3n) is 1.45. The smallest absolute Gasteiger partial charge is 0.302 e. The van der Waals surface area contributed by atoms with Crippen LogP contribution in [0.25, 0.3) is 0 Å². The van der Waals surface area contributed by atoms with Crippen molar-refractivity contribution in [2.75, 3.05) is 0 Å². The van der Waals surface area contributed by atoms with Gasteiger partial charge in [0.1, 0.15) is 12.4 Å². The van der Waals surface area contributed by atoms with E-state index >= 15 is 0 Å². The minimum Gasteiger partial charge on any atom is -0.461 e. The van der Waals surface area contributed by atoms with Crippen LogP contribution in [0.2, 0.25) is 5.02 Å². The van der Waals surface area contributed by atoms with Crippen LogP contribution < -0.4 is 0 Å². The molecule has 0 saturated heterocycles. The van der Waals surface area contributed by atoms with E-state index in [0.29, 0.717) is 10.6 Å². The van der Waals surface area contributed by atoms with Gasteiger partial charge in [-0.3, -0.25) is 4.79 Å². The van der Waals surface area contributed by atoms with Crippen LogP contribution in [0.1, 0.15) is 12.5 Å². The second-order valence-corrected chi connectivity index (χ2v) is 2.95. The zero-order valence-corrected chi connectivity index (χ0v) is 7.77. The molecule has 0 fully saturated rings. The quantitative estimate of drug-likeness (QED) is 0.689. The normalized spacial score (nSPS) is 9.77. The lowest BCUT2D eigenvalue weighted by Crippen LogP contribution is -2.00. The van der Waals surface area contributed by atoms with Crippen molar-refractivity contribution in [1.29, 1.82) is 0 Å². The van der Waals surface area contributed by atoms with Crippen molar-refractivity contribution in [3.63, 3.8) is 0 Å². The maximum Gasteiger partial charge on any atom is 0.302 e. The van der Waals surface area contributed by atoms with Gasteiger partial charge in [-0.15, -0.1) is 0 Å². The molecule has 0 aliphatic carbocycles. The van der Waals surface area contributed by atoms with Crippen molar-refractivity contribution in [3.8, 4) is 0 Å². The van der Waals surface area contributed by atoms with Gasteiger partial charge in [0.25, 0.3) is 0 Å². The number of ether oxygens (including phenoxy) is 1. The van der Waals surface area contributed by atoms with Crippen LogP contribution in [0, 0.1) is 5.82 Å². The number of benzene rings is 1. The van der Waals surface area contributed by atoms with Crippen LogP contribution in [0.4, 0.5) is 4.39 Å². The molecular weight excluding hydrogens is 195 g/mol. The summed E-state index contributed by atoms with van der Waals surface area (Å²) >= 11 is 5.53. The monoisotopic (exact) mass is 202 g/mol. The van der Waals surface area contributed by atoms with Crippen LogP contribution in [0.15, 0.2) is 18.2 Å². The SMILES string of the molecule is CC(=O)OCc1ccc(Cl)cc1F. The van der Waals surface area contributed by atoms with Crippen LogP contribution in [0.5, 0.6) is 0 Å². The summed E-state index contributed by atoms with van der Waals surface area (Å²) in [5.74, 6) is -0.900. The Balaban J connectivity index is 2.72. The Morgan fingerprint density at radius 1 is 1.62 bits per heavy atom. The number of carbonyl (C=O) groups excluding carboxylic acids is 1. The van der Waals surface area contributed by atoms with Crippen molar-refractivity contribution in [3.05, 3.63) is 34.6 Å². The molecular formula is C9H8ClFO2. The first-order chi connectivity index (χ1) is 6.09. The number of rotatable bonds is 2. The third kappa shape index (κ3) is 3.03. The first-order valence-electron chi connectivity index (χ1n) is 3.67. The van der Waals surface area contributed by atoms with E-state index in [9.17, 15) is 9.18 Å². The molecule has 0 aromatic heterocycles. The Bertz CT molecular complexity index is 325. The van der Waals surface area contributed by atoms with Gasteiger partial charge >= 0.3 is 5.97 Å². The molecule has 0 atom stereocenters. The highest BCUT2D eigenvalue weighted by Crippen LogP contribution is 2.15. The fourth-order valence-electron chi connectivity index (χ4n) is 0.818. The molecule has 0 saturated carbocycles. The molecule has 2 nitrogen and oxygen atoms in total. The number of hydrogen-bond acceptors (Lipinski definition) is 2. The lowest BCUT2D eigenvalue weighted by Gasteiger charge is -2.03. The molecule has 4 heteroatoms. The van der Waals surface area contributed by atoms with E-state index in [0.717, 1.165) is 0 Å². The fourth-order valence-corrected chi connectivity index (χ4v) is 0.977. The summed E-state index contributed by atoms with van der Waals surface area (Å²) in [6, 6.07) is 4.21. The number of carbonyl (C=O) groups is 1. The molecule has 13 heavy (non-hydrogen) atoms. The molecule has 0 heterocycles. The maximum atomic E-state index is 13.0. The summed E-state index contributed by atoms with van der Waals surface area (Å²) in [6.07, 6.45) is 0. The molecule has 0 unspecified atom stereocenters. The van der Waals surface area contributed by atoms with E-state index in [1.54, 1.807) is 6.07 Å². The number of esters is 1. The van der Waals surface area contributed by atoms with E-state index in [4.69, 9.17) is 11.6 Å². The Morgan fingerprint density at radius 2 is 2.31 bits per heavy atom. The molecule has 1 aromatic rings. The highest BCUT2D eigenvalue weighted by Gasteiger charge is 2.03. The fraction of sp³-hybridized carbons (Fsp3) is 0.222. The topological polar surface area (TPSA) is 26.3 Å². The standard InChI is InChI=1S/C9H8ClFO2/c1-6(12)13-5-7-2-3-8(10)4-9(7)11/h2-4H,5H2,1H3. The van der Waals surface area contributed by atoms with Gasteiger partial charge in [0.2, 0.25) is 0 Å². The lowest BCUT2D eigenvalue weighted by atomic mass is 10.2. The Kier molecular flexibility index (Phi) is 3.25. The summed E-state index contributed by atoms with van der Waals surface area (Å²) < 4.78 is 17.7. The Labute approximate surface area is 80.3 Å². The summed E-state index contributed by atoms with van der Waals surface area (Å²) in [7, 11) is 0. The average Bonchev–Trinajstić information content (AvgIpc) is 2.02. The summed E-state index contributed by atoms with van der Waals surface area (Å²) in [5.41, 5.74) is 0.319.